The third kappa shape index (κ3) is 2.48. The number of nitrogens with one attached hydrogen (secondary N) is 2. The number of imidazole rings is 1. The second kappa shape index (κ2) is 5.32. The van der Waals surface area contributed by atoms with Crippen LogP contribution in [-0.4, -0.2) is 36.9 Å². The highest BCUT2D eigenvalue weighted by molar-refractivity contribution is 7.99. The second-order valence-electron chi connectivity index (χ2n) is 3.91. The van der Waals surface area contributed by atoms with Crippen LogP contribution in [0.4, 0.5) is 11.5 Å². The Bertz CT molecular complexity index is 819. The molecule has 0 saturated heterocycles. The fourth-order valence-electron chi connectivity index (χ4n) is 1.70. The lowest BCUT2D eigenvalue weighted by molar-refractivity contribution is -0.388. The van der Waals surface area contributed by atoms with Crippen LogP contribution in [0, 0.1) is 10.1 Å². The van der Waals surface area contributed by atoms with Crippen LogP contribution in [0.1, 0.15) is 0 Å². The van der Waals surface area contributed by atoms with Gasteiger partial charge in [0.05, 0.1) is 11.3 Å². The minimum atomic E-state index is -0.472. The molecule has 2 N–H and O–H groups in total. The Kier molecular flexibility index (Phi) is 3.36. The van der Waals surface area contributed by atoms with Crippen molar-refractivity contribution in [3.05, 3.63) is 34.9 Å². The molecule has 106 valence electrons. The number of rotatable bonds is 4. The molecule has 3 aromatic rings. The van der Waals surface area contributed by atoms with Gasteiger partial charge in [-0.3, -0.25) is 10.1 Å². The average Bonchev–Trinajstić information content (AvgIpc) is 2.96. The van der Waals surface area contributed by atoms with E-state index in [4.69, 9.17) is 0 Å². The SMILES string of the molecule is CNc1ccc([N+](=O)[O-])c(Sc2ncnc3nc[nH]c23)n1. The van der Waals surface area contributed by atoms with Gasteiger partial charge in [0.2, 0.25) is 0 Å². The monoisotopic (exact) mass is 303 g/mol. The average molecular weight is 303 g/mol. The number of nitro groups is 1. The zero-order chi connectivity index (χ0) is 14.8. The summed E-state index contributed by atoms with van der Waals surface area (Å²) >= 11 is 1.09. The quantitative estimate of drug-likeness (QED) is 0.425. The molecule has 0 bridgehead atoms. The van der Waals surface area contributed by atoms with Gasteiger partial charge < -0.3 is 10.3 Å². The molecule has 0 fully saturated rings. The summed E-state index contributed by atoms with van der Waals surface area (Å²) in [5, 5.41) is 14.7. The molecule has 3 heterocycles. The van der Waals surface area contributed by atoms with Crippen molar-refractivity contribution in [3.63, 3.8) is 0 Å². The van der Waals surface area contributed by atoms with Gasteiger partial charge in [-0.1, -0.05) is 0 Å². The molecule has 0 aliphatic heterocycles. The summed E-state index contributed by atoms with van der Waals surface area (Å²) in [4.78, 5) is 29.9. The third-order valence-corrected chi connectivity index (χ3v) is 3.67. The summed E-state index contributed by atoms with van der Waals surface area (Å²) in [6.07, 6.45) is 2.86. The van der Waals surface area contributed by atoms with Gasteiger partial charge in [-0.05, 0) is 17.8 Å². The fraction of sp³-hybridized carbons (Fsp3) is 0.0909. The molecule has 0 saturated carbocycles. The summed E-state index contributed by atoms with van der Waals surface area (Å²) in [5.41, 5.74) is 1.04. The van der Waals surface area contributed by atoms with Crippen LogP contribution in [0.25, 0.3) is 11.2 Å². The number of aromatic nitrogens is 5. The van der Waals surface area contributed by atoms with Crippen LogP contribution < -0.4 is 5.32 Å². The number of hydrogen-bond acceptors (Lipinski definition) is 8. The van der Waals surface area contributed by atoms with Crippen molar-refractivity contribution in [3.8, 4) is 0 Å². The van der Waals surface area contributed by atoms with Gasteiger partial charge in [0.1, 0.15) is 22.7 Å². The van der Waals surface area contributed by atoms with E-state index in [2.05, 4.69) is 30.2 Å². The van der Waals surface area contributed by atoms with E-state index in [0.29, 0.717) is 22.0 Å². The standard InChI is InChI=1S/C11H9N7O2S/c1-12-7-3-2-6(18(19)20)10(17-7)21-11-8-9(14-4-13-8)15-5-16-11/h2-5H,1H3,(H,12,17)(H,13,14,15,16). The lowest BCUT2D eigenvalue weighted by atomic mass is 10.4. The van der Waals surface area contributed by atoms with Crippen molar-refractivity contribution in [2.24, 2.45) is 0 Å². The first-order valence-electron chi connectivity index (χ1n) is 5.84. The number of fused-ring (bicyclic) bond motifs is 1. The van der Waals surface area contributed by atoms with Gasteiger partial charge in [0.25, 0.3) is 0 Å². The Balaban J connectivity index is 2.08. The first-order chi connectivity index (χ1) is 10.2. The van der Waals surface area contributed by atoms with Crippen molar-refractivity contribution in [1.29, 1.82) is 0 Å². The Morgan fingerprint density at radius 3 is 2.90 bits per heavy atom. The van der Waals surface area contributed by atoms with Crippen molar-refractivity contribution < 1.29 is 4.92 Å². The summed E-state index contributed by atoms with van der Waals surface area (Å²) in [6.45, 7) is 0. The summed E-state index contributed by atoms with van der Waals surface area (Å²) < 4.78 is 0. The minimum absolute atomic E-state index is 0.0784. The molecule has 0 unspecified atom stereocenters. The molecule has 0 atom stereocenters. The summed E-state index contributed by atoms with van der Waals surface area (Å²) in [6, 6.07) is 2.96. The van der Waals surface area contributed by atoms with E-state index >= 15 is 0 Å². The van der Waals surface area contributed by atoms with Crippen LogP contribution in [0.15, 0.2) is 34.8 Å². The molecule has 9 nitrogen and oxygen atoms in total. The van der Waals surface area contributed by atoms with E-state index in [-0.39, 0.29) is 10.7 Å². The molecule has 10 heteroatoms. The summed E-state index contributed by atoms with van der Waals surface area (Å²) in [5.74, 6) is 0.540. The number of H-pyrrole nitrogens is 1. The van der Waals surface area contributed by atoms with Crippen molar-refractivity contribution >= 4 is 34.4 Å². The summed E-state index contributed by atoms with van der Waals surface area (Å²) in [7, 11) is 1.69. The van der Waals surface area contributed by atoms with E-state index in [1.165, 1.54) is 18.7 Å². The topological polar surface area (TPSA) is 123 Å². The van der Waals surface area contributed by atoms with Crippen LogP contribution in [0.3, 0.4) is 0 Å². The zero-order valence-corrected chi connectivity index (χ0v) is 11.6. The predicted molar refractivity (Wildman–Crippen MR) is 76.2 cm³/mol. The molecule has 3 aromatic heterocycles. The molecular weight excluding hydrogens is 294 g/mol. The number of pyridine rings is 1. The number of aromatic amines is 1. The number of hydrogen-bond donors (Lipinski definition) is 2. The van der Waals surface area contributed by atoms with Crippen LogP contribution >= 0.6 is 11.8 Å². The van der Waals surface area contributed by atoms with Crippen LogP contribution in [0.2, 0.25) is 0 Å². The van der Waals surface area contributed by atoms with E-state index in [0.717, 1.165) is 11.8 Å². The lowest BCUT2D eigenvalue weighted by Crippen LogP contribution is -1.98. The maximum absolute atomic E-state index is 11.1. The van der Waals surface area contributed by atoms with Crippen molar-refractivity contribution in [2.75, 3.05) is 12.4 Å². The predicted octanol–water partition coefficient (Wildman–Crippen LogP) is 1.85. The molecule has 0 aromatic carbocycles. The zero-order valence-electron chi connectivity index (χ0n) is 10.8. The second-order valence-corrected chi connectivity index (χ2v) is 4.89. The van der Waals surface area contributed by atoms with Gasteiger partial charge >= 0.3 is 5.69 Å². The Labute approximate surface area is 122 Å². The number of nitrogens with zero attached hydrogens (tertiary/aromatic N) is 5. The van der Waals surface area contributed by atoms with Crippen LogP contribution in [0.5, 0.6) is 0 Å². The molecule has 0 amide bonds. The fourth-order valence-corrected chi connectivity index (χ4v) is 2.62. The maximum Gasteiger partial charge on any atom is 0.301 e. The highest BCUT2D eigenvalue weighted by Gasteiger charge is 2.19. The smallest absolute Gasteiger partial charge is 0.301 e. The minimum Gasteiger partial charge on any atom is -0.373 e. The van der Waals surface area contributed by atoms with Crippen molar-refractivity contribution in [1.82, 2.24) is 24.9 Å². The third-order valence-electron chi connectivity index (χ3n) is 2.67. The largest absolute Gasteiger partial charge is 0.373 e. The van der Waals surface area contributed by atoms with E-state index < -0.39 is 4.92 Å². The Morgan fingerprint density at radius 1 is 1.29 bits per heavy atom. The normalized spacial score (nSPS) is 10.7. The highest BCUT2D eigenvalue weighted by Crippen LogP contribution is 2.35. The van der Waals surface area contributed by atoms with Gasteiger partial charge in [0, 0.05) is 13.1 Å². The Morgan fingerprint density at radius 2 is 2.14 bits per heavy atom. The van der Waals surface area contributed by atoms with Gasteiger partial charge in [-0.15, -0.1) is 0 Å². The highest BCUT2D eigenvalue weighted by atomic mass is 32.2. The van der Waals surface area contributed by atoms with Gasteiger partial charge in [0.15, 0.2) is 10.7 Å². The first kappa shape index (κ1) is 13.2. The molecule has 0 radical (unpaired) electrons. The van der Waals surface area contributed by atoms with Gasteiger partial charge in [-0.2, -0.15) is 0 Å². The van der Waals surface area contributed by atoms with Gasteiger partial charge in [-0.25, -0.2) is 19.9 Å². The van der Waals surface area contributed by atoms with E-state index in [9.17, 15) is 10.1 Å². The van der Waals surface area contributed by atoms with Crippen LogP contribution in [-0.2, 0) is 0 Å². The maximum atomic E-state index is 11.1. The van der Waals surface area contributed by atoms with E-state index in [1.807, 2.05) is 0 Å². The molecule has 21 heavy (non-hydrogen) atoms. The lowest BCUT2D eigenvalue weighted by Gasteiger charge is -2.04. The number of anilines is 1. The molecular formula is C11H9N7O2S. The van der Waals surface area contributed by atoms with E-state index in [1.54, 1.807) is 13.1 Å². The Hall–Kier alpha value is -2.75. The molecule has 3 rings (SSSR count). The first-order valence-corrected chi connectivity index (χ1v) is 6.66. The van der Waals surface area contributed by atoms with Crippen molar-refractivity contribution in [2.45, 2.75) is 10.1 Å². The molecule has 0 spiro atoms. The molecule has 0 aliphatic carbocycles. The molecule has 0 aliphatic rings.